The fourth-order valence-corrected chi connectivity index (χ4v) is 12.6. The molecule has 6 unspecified atom stereocenters. The van der Waals surface area contributed by atoms with Crippen LogP contribution in [0.5, 0.6) is 0 Å². The zero-order valence-corrected chi connectivity index (χ0v) is 27.5. The Morgan fingerprint density at radius 1 is 0.490 bits per heavy atom. The van der Waals surface area contributed by atoms with Gasteiger partial charge in [-0.15, -0.1) is 0 Å². The molecule has 5 aliphatic carbocycles. The van der Waals surface area contributed by atoms with E-state index in [1.54, 1.807) is 11.1 Å². The van der Waals surface area contributed by atoms with Crippen LogP contribution in [0.4, 0.5) is 17.1 Å². The van der Waals surface area contributed by atoms with E-state index in [-0.39, 0.29) is 5.41 Å². The molecule has 0 saturated heterocycles. The molecule has 7 aromatic rings. The number of benzene rings is 7. The van der Waals surface area contributed by atoms with Crippen molar-refractivity contribution in [1.82, 2.24) is 0 Å². The van der Waals surface area contributed by atoms with Crippen LogP contribution in [-0.2, 0) is 5.41 Å². The highest BCUT2D eigenvalue weighted by atomic mass is 15.1. The predicted octanol–water partition coefficient (Wildman–Crippen LogP) is 12.5. The van der Waals surface area contributed by atoms with Crippen molar-refractivity contribution >= 4 is 38.6 Å². The lowest BCUT2D eigenvalue weighted by Gasteiger charge is -2.76. The summed E-state index contributed by atoms with van der Waals surface area (Å²) >= 11 is 0. The molecular formula is C48H37N. The Kier molecular flexibility index (Phi) is 5.08. The van der Waals surface area contributed by atoms with E-state index in [0.717, 1.165) is 23.7 Å². The molecule has 0 heterocycles. The van der Waals surface area contributed by atoms with E-state index < -0.39 is 0 Å². The van der Waals surface area contributed by atoms with Gasteiger partial charge in [-0.25, -0.2) is 0 Å². The number of rotatable bonds is 4. The summed E-state index contributed by atoms with van der Waals surface area (Å²) in [6.07, 6.45) is 5.88. The molecule has 2 spiro atoms. The number of fused-ring (bicyclic) bond motifs is 11. The van der Waals surface area contributed by atoms with Crippen molar-refractivity contribution < 1.29 is 0 Å². The molecule has 4 fully saturated rings. The first-order valence-corrected chi connectivity index (χ1v) is 18.4. The van der Waals surface area contributed by atoms with E-state index >= 15 is 0 Å². The van der Waals surface area contributed by atoms with Gasteiger partial charge in [0.05, 0.1) is 5.69 Å². The van der Waals surface area contributed by atoms with Crippen LogP contribution >= 0.6 is 0 Å². The summed E-state index contributed by atoms with van der Waals surface area (Å²) in [5.74, 6) is 3.60. The summed E-state index contributed by atoms with van der Waals surface area (Å²) in [6.45, 7) is 0. The summed E-state index contributed by atoms with van der Waals surface area (Å²) in [4.78, 5) is 2.52. The molecule has 6 atom stereocenters. The molecule has 5 aliphatic rings. The fraction of sp³-hybridized carbons (Fsp3) is 0.208. The Labute approximate surface area is 287 Å². The van der Waals surface area contributed by atoms with Gasteiger partial charge in [0.15, 0.2) is 0 Å². The van der Waals surface area contributed by atoms with Gasteiger partial charge in [-0.3, -0.25) is 0 Å². The highest BCUT2D eigenvalue weighted by Crippen LogP contribution is 2.89. The molecule has 0 amide bonds. The lowest BCUT2D eigenvalue weighted by molar-refractivity contribution is -0.231. The summed E-state index contributed by atoms with van der Waals surface area (Å²) < 4.78 is 0. The summed E-state index contributed by atoms with van der Waals surface area (Å²) in [6, 6.07) is 57.2. The predicted molar refractivity (Wildman–Crippen MR) is 203 cm³/mol. The Balaban J connectivity index is 1.08. The number of hydrogen-bond donors (Lipinski definition) is 0. The quantitative estimate of drug-likeness (QED) is 0.176. The van der Waals surface area contributed by atoms with Crippen LogP contribution in [-0.4, -0.2) is 0 Å². The Morgan fingerprint density at radius 3 is 2.10 bits per heavy atom. The van der Waals surface area contributed by atoms with Crippen molar-refractivity contribution in [3.63, 3.8) is 0 Å². The maximum atomic E-state index is 2.56. The first kappa shape index (κ1) is 26.8. The van der Waals surface area contributed by atoms with Crippen LogP contribution in [0.3, 0.4) is 0 Å². The van der Waals surface area contributed by atoms with Gasteiger partial charge in [0.2, 0.25) is 0 Å². The van der Waals surface area contributed by atoms with Crippen molar-refractivity contribution in [1.29, 1.82) is 0 Å². The van der Waals surface area contributed by atoms with Crippen LogP contribution in [0.2, 0.25) is 0 Å². The van der Waals surface area contributed by atoms with Gasteiger partial charge in [-0.2, -0.15) is 0 Å². The molecule has 49 heavy (non-hydrogen) atoms. The normalized spacial score (nSPS) is 27.8. The van der Waals surface area contributed by atoms with Crippen LogP contribution < -0.4 is 4.90 Å². The van der Waals surface area contributed by atoms with E-state index in [9.17, 15) is 0 Å². The fourth-order valence-electron chi connectivity index (χ4n) is 12.6. The van der Waals surface area contributed by atoms with Crippen molar-refractivity contribution in [2.75, 3.05) is 4.90 Å². The minimum absolute atomic E-state index is 0.215. The number of nitrogens with zero attached hydrogens (tertiary/aromatic N) is 1. The average molecular weight is 628 g/mol. The van der Waals surface area contributed by atoms with Gasteiger partial charge in [0.25, 0.3) is 0 Å². The van der Waals surface area contributed by atoms with Gasteiger partial charge < -0.3 is 4.90 Å². The molecule has 1 nitrogen and oxygen atoms in total. The van der Waals surface area contributed by atoms with E-state index in [0.29, 0.717) is 5.41 Å². The van der Waals surface area contributed by atoms with Crippen molar-refractivity contribution in [2.24, 2.45) is 29.1 Å². The number of para-hydroxylation sites is 1. The molecule has 0 radical (unpaired) electrons. The smallest absolute Gasteiger partial charge is 0.0540 e. The van der Waals surface area contributed by atoms with Crippen LogP contribution in [0.15, 0.2) is 152 Å². The lowest BCUT2D eigenvalue weighted by atomic mass is 9.27. The third kappa shape index (κ3) is 3.19. The largest absolute Gasteiger partial charge is 0.310 e. The van der Waals surface area contributed by atoms with Gasteiger partial charge in [0, 0.05) is 22.4 Å². The summed E-state index contributed by atoms with van der Waals surface area (Å²) in [7, 11) is 0. The minimum atomic E-state index is 0.215. The first-order chi connectivity index (χ1) is 24.2. The minimum Gasteiger partial charge on any atom is -0.310 e. The SMILES string of the molecule is c1ccc(-c2ccccc2N(c2ccc3c(c2)-c2ccccc2C32C3CC4CC5CC2C53C4)c2ccc3c(ccc4ccccc43)c2)cc1. The monoisotopic (exact) mass is 627 g/mol. The molecule has 234 valence electrons. The average Bonchev–Trinajstić information content (AvgIpc) is 3.79. The van der Waals surface area contributed by atoms with Crippen LogP contribution in [0, 0.1) is 29.1 Å². The third-order valence-corrected chi connectivity index (χ3v) is 14.1. The molecule has 4 saturated carbocycles. The molecule has 2 bridgehead atoms. The van der Waals surface area contributed by atoms with E-state index in [2.05, 4.69) is 157 Å². The summed E-state index contributed by atoms with van der Waals surface area (Å²) in [5.41, 5.74) is 13.1. The zero-order valence-electron chi connectivity index (χ0n) is 27.5. The molecule has 0 aromatic heterocycles. The molecule has 12 rings (SSSR count). The van der Waals surface area contributed by atoms with Gasteiger partial charge in [-0.05, 0) is 134 Å². The topological polar surface area (TPSA) is 3.24 Å². The van der Waals surface area contributed by atoms with Gasteiger partial charge >= 0.3 is 0 Å². The molecule has 0 N–H and O–H groups in total. The van der Waals surface area contributed by atoms with E-state index in [4.69, 9.17) is 0 Å². The number of hydrogen-bond acceptors (Lipinski definition) is 1. The summed E-state index contributed by atoms with van der Waals surface area (Å²) in [5, 5.41) is 5.15. The highest BCUT2D eigenvalue weighted by molar-refractivity contribution is 6.09. The Morgan fingerprint density at radius 2 is 1.18 bits per heavy atom. The third-order valence-electron chi connectivity index (χ3n) is 14.1. The number of anilines is 3. The van der Waals surface area contributed by atoms with Gasteiger partial charge in [0.1, 0.15) is 0 Å². The molecular weight excluding hydrogens is 591 g/mol. The van der Waals surface area contributed by atoms with E-state index in [1.807, 2.05) is 0 Å². The Hall–Kier alpha value is -5.14. The molecule has 7 aromatic carbocycles. The second-order valence-corrected chi connectivity index (χ2v) is 15.7. The van der Waals surface area contributed by atoms with Crippen LogP contribution in [0.25, 0.3) is 43.8 Å². The van der Waals surface area contributed by atoms with Crippen molar-refractivity contribution in [2.45, 2.75) is 31.1 Å². The van der Waals surface area contributed by atoms with Crippen molar-refractivity contribution in [3.05, 3.63) is 163 Å². The van der Waals surface area contributed by atoms with E-state index in [1.165, 1.54) is 86.5 Å². The maximum absolute atomic E-state index is 2.56. The second-order valence-electron chi connectivity index (χ2n) is 15.7. The standard InChI is InChI=1S/C48H37N/c1-2-10-31(11-3-1)39-14-7-9-17-44(39)49(35-20-22-38-33(26-35)19-18-32-12-4-5-13-37(32)38)36-21-23-43-41(28-36)40-15-6-8-16-42(40)48(43)45-25-30-24-34-27-46(48)47(34,45)29-30/h1-23,26,28,30,34,45-46H,24-25,27,29H2. The second kappa shape index (κ2) is 9.30. The lowest BCUT2D eigenvalue weighted by Crippen LogP contribution is -2.73. The van der Waals surface area contributed by atoms with Crippen LogP contribution in [0.1, 0.15) is 36.8 Å². The Bertz CT molecular complexity index is 2510. The van der Waals surface area contributed by atoms with Gasteiger partial charge in [-0.1, -0.05) is 121 Å². The zero-order chi connectivity index (χ0) is 31.9. The maximum Gasteiger partial charge on any atom is 0.0540 e. The highest BCUT2D eigenvalue weighted by Gasteiger charge is 2.84. The molecule has 0 aliphatic heterocycles. The van der Waals surface area contributed by atoms with Crippen molar-refractivity contribution in [3.8, 4) is 22.3 Å². The first-order valence-electron chi connectivity index (χ1n) is 18.4. The molecule has 1 heteroatoms.